The molecule has 10 heteroatoms. The van der Waals surface area contributed by atoms with Crippen molar-refractivity contribution in [2.45, 2.75) is 49.8 Å². The van der Waals surface area contributed by atoms with Crippen LogP contribution in [0.2, 0.25) is 0 Å². The largest absolute Gasteiger partial charge is 0.496 e. The van der Waals surface area contributed by atoms with Crippen LogP contribution in [0.25, 0.3) is 10.9 Å². The molecule has 2 aromatic carbocycles. The second kappa shape index (κ2) is 12.8. The summed E-state index contributed by atoms with van der Waals surface area (Å²) >= 11 is 2.95. The molecule has 4 aromatic rings. The normalized spacial score (nSPS) is 13.0. The van der Waals surface area contributed by atoms with Crippen molar-refractivity contribution < 1.29 is 23.9 Å². The van der Waals surface area contributed by atoms with Crippen LogP contribution in [0.5, 0.6) is 5.75 Å². The first-order chi connectivity index (χ1) is 19.9. The van der Waals surface area contributed by atoms with Crippen LogP contribution in [-0.4, -0.2) is 47.9 Å². The quantitative estimate of drug-likeness (QED) is 0.166. The monoisotopic (exact) mass is 591 g/mol. The minimum Gasteiger partial charge on any atom is -0.496 e. The number of hydrogen-bond acceptors (Lipinski definition) is 7. The Labute approximate surface area is 247 Å². The van der Waals surface area contributed by atoms with E-state index in [-0.39, 0.29) is 24.4 Å². The number of nitrogens with one attached hydrogen (secondary N) is 2. The molecule has 0 saturated carbocycles. The molecule has 1 aliphatic rings. The first-order valence-electron chi connectivity index (χ1n) is 13.7. The van der Waals surface area contributed by atoms with Gasteiger partial charge in [0.25, 0.3) is 5.91 Å². The number of esters is 1. The number of thiophene rings is 1. The van der Waals surface area contributed by atoms with Crippen LogP contribution in [0.3, 0.4) is 0 Å². The molecule has 41 heavy (non-hydrogen) atoms. The summed E-state index contributed by atoms with van der Waals surface area (Å²) in [6, 6.07) is 15.2. The number of rotatable bonds is 11. The van der Waals surface area contributed by atoms with Crippen molar-refractivity contribution >= 4 is 56.8 Å². The first-order valence-corrected chi connectivity index (χ1v) is 15.4. The van der Waals surface area contributed by atoms with Crippen LogP contribution < -0.4 is 15.4 Å². The lowest BCUT2D eigenvalue weighted by molar-refractivity contribution is -0.115. The average Bonchev–Trinajstić information content (AvgIpc) is 3.66. The Hall–Kier alpha value is -3.76. The summed E-state index contributed by atoms with van der Waals surface area (Å²) in [6.45, 7) is 4.93. The molecule has 1 atom stereocenters. The summed E-state index contributed by atoms with van der Waals surface area (Å²) in [5.41, 5.74) is 3.05. The van der Waals surface area contributed by atoms with E-state index in [1.54, 1.807) is 32.2 Å². The number of anilines is 1. The molecule has 0 unspecified atom stereocenters. The van der Waals surface area contributed by atoms with Gasteiger partial charge in [0, 0.05) is 40.0 Å². The predicted molar refractivity (Wildman–Crippen MR) is 164 cm³/mol. The lowest BCUT2D eigenvalue weighted by Crippen LogP contribution is -2.27. The molecular formula is C31H33N3O5S2. The van der Waals surface area contributed by atoms with E-state index in [0.29, 0.717) is 35.0 Å². The van der Waals surface area contributed by atoms with Gasteiger partial charge in [-0.25, -0.2) is 4.79 Å². The maximum Gasteiger partial charge on any atom is 0.341 e. The van der Waals surface area contributed by atoms with Gasteiger partial charge in [0.1, 0.15) is 10.8 Å². The van der Waals surface area contributed by atoms with Gasteiger partial charge in [0.2, 0.25) is 5.91 Å². The summed E-state index contributed by atoms with van der Waals surface area (Å²) in [5, 5.41) is 7.20. The van der Waals surface area contributed by atoms with Gasteiger partial charge >= 0.3 is 5.97 Å². The molecule has 8 nitrogen and oxygen atoms in total. The fraction of sp³-hybridized carbons (Fsp3) is 0.323. The number of hydrogen-bond donors (Lipinski definition) is 2. The van der Waals surface area contributed by atoms with Crippen molar-refractivity contribution in [3.8, 4) is 5.75 Å². The molecule has 1 aliphatic carbocycles. The highest BCUT2D eigenvalue weighted by Crippen LogP contribution is 2.40. The van der Waals surface area contributed by atoms with E-state index < -0.39 is 5.25 Å². The highest BCUT2D eigenvalue weighted by molar-refractivity contribution is 8.00. The zero-order chi connectivity index (χ0) is 28.9. The topological polar surface area (TPSA) is 98.7 Å². The number of fused-ring (bicyclic) bond motifs is 2. The van der Waals surface area contributed by atoms with Gasteiger partial charge in [0.15, 0.2) is 0 Å². The Kier molecular flexibility index (Phi) is 8.99. The maximum atomic E-state index is 13.3. The second-order valence-electron chi connectivity index (χ2n) is 9.69. The standard InChI is InChI=1S/C31H33N3O5S2/c1-4-39-31(37)27-22-12-9-15-25(22)41-30(27)33-28(35)19(2)40-26-18-34(23-13-7-5-10-20(23)26)17-16-32-29(36)21-11-6-8-14-24(21)38-3/h5-8,10-11,13-14,18-19H,4,9,12,15-17H2,1-3H3,(H,32,36)(H,33,35)/t19-/m1/s1. The highest BCUT2D eigenvalue weighted by Gasteiger charge is 2.29. The molecule has 2 heterocycles. The molecule has 0 bridgehead atoms. The molecule has 2 amide bonds. The van der Waals surface area contributed by atoms with Gasteiger partial charge in [-0.3, -0.25) is 9.59 Å². The summed E-state index contributed by atoms with van der Waals surface area (Å²) in [6.07, 6.45) is 4.80. The summed E-state index contributed by atoms with van der Waals surface area (Å²) in [7, 11) is 1.55. The van der Waals surface area contributed by atoms with Crippen molar-refractivity contribution in [3.63, 3.8) is 0 Å². The summed E-state index contributed by atoms with van der Waals surface area (Å²) in [4.78, 5) is 40.9. The van der Waals surface area contributed by atoms with E-state index in [4.69, 9.17) is 9.47 Å². The average molecular weight is 592 g/mol. The summed E-state index contributed by atoms with van der Waals surface area (Å²) in [5.74, 6) is -0.200. The maximum absolute atomic E-state index is 13.3. The Morgan fingerprint density at radius 1 is 1.10 bits per heavy atom. The van der Waals surface area contributed by atoms with Crippen LogP contribution in [0.1, 0.15) is 51.4 Å². The minimum absolute atomic E-state index is 0.165. The fourth-order valence-corrected chi connectivity index (χ4v) is 7.39. The Balaban J connectivity index is 1.27. The van der Waals surface area contributed by atoms with Crippen molar-refractivity contribution in [1.29, 1.82) is 0 Å². The van der Waals surface area contributed by atoms with Gasteiger partial charge < -0.3 is 24.7 Å². The third-order valence-corrected chi connectivity index (χ3v) is 9.41. The molecule has 5 rings (SSSR count). The van der Waals surface area contributed by atoms with Gasteiger partial charge in [-0.15, -0.1) is 23.1 Å². The number of benzene rings is 2. The molecular weight excluding hydrogens is 558 g/mol. The first kappa shape index (κ1) is 28.8. The van der Waals surface area contributed by atoms with E-state index in [9.17, 15) is 14.4 Å². The number of aryl methyl sites for hydroxylation is 1. The number of para-hydroxylation sites is 2. The van der Waals surface area contributed by atoms with Crippen LogP contribution in [-0.2, 0) is 28.9 Å². The number of amides is 2. The minimum atomic E-state index is -0.411. The van der Waals surface area contributed by atoms with E-state index in [1.807, 2.05) is 43.5 Å². The second-order valence-corrected chi connectivity index (χ2v) is 12.2. The lowest BCUT2D eigenvalue weighted by atomic mass is 10.1. The van der Waals surface area contributed by atoms with Gasteiger partial charge in [0.05, 0.1) is 30.1 Å². The molecule has 0 saturated heterocycles. The lowest BCUT2D eigenvalue weighted by Gasteiger charge is -2.12. The third kappa shape index (κ3) is 6.13. The van der Waals surface area contributed by atoms with Crippen molar-refractivity contribution in [3.05, 3.63) is 76.3 Å². The molecule has 0 fully saturated rings. The van der Waals surface area contributed by atoms with E-state index >= 15 is 0 Å². The number of carbonyl (C=O) groups is 3. The van der Waals surface area contributed by atoms with Crippen LogP contribution in [0, 0.1) is 0 Å². The van der Waals surface area contributed by atoms with Gasteiger partial charge in [-0.2, -0.15) is 0 Å². The predicted octanol–water partition coefficient (Wildman–Crippen LogP) is 5.93. The fourth-order valence-electron chi connectivity index (χ4n) is 5.08. The zero-order valence-corrected chi connectivity index (χ0v) is 25.0. The van der Waals surface area contributed by atoms with Crippen LogP contribution in [0.15, 0.2) is 59.6 Å². The number of carbonyl (C=O) groups excluding carboxylic acids is 3. The Bertz CT molecular complexity index is 1590. The smallest absolute Gasteiger partial charge is 0.341 e. The Morgan fingerprint density at radius 2 is 1.88 bits per heavy atom. The Morgan fingerprint density at radius 3 is 2.68 bits per heavy atom. The molecule has 2 aromatic heterocycles. The van der Waals surface area contributed by atoms with Gasteiger partial charge in [-0.05, 0) is 56.9 Å². The SMILES string of the molecule is CCOC(=O)c1c(NC(=O)[C@@H](C)Sc2cn(CCNC(=O)c3ccccc3OC)c3ccccc23)sc2c1CCC2. The van der Waals surface area contributed by atoms with Crippen molar-refractivity contribution in [2.24, 2.45) is 0 Å². The number of methoxy groups -OCH3 is 1. The molecule has 214 valence electrons. The van der Waals surface area contributed by atoms with E-state index in [1.165, 1.54) is 23.1 Å². The molecule has 0 aliphatic heterocycles. The van der Waals surface area contributed by atoms with E-state index in [2.05, 4.69) is 15.2 Å². The van der Waals surface area contributed by atoms with E-state index in [0.717, 1.165) is 45.5 Å². The molecule has 0 spiro atoms. The number of ether oxygens (including phenoxy) is 2. The number of nitrogens with zero attached hydrogens (tertiary/aromatic N) is 1. The molecule has 0 radical (unpaired) electrons. The molecule has 2 N–H and O–H groups in total. The van der Waals surface area contributed by atoms with Crippen LogP contribution in [0.4, 0.5) is 5.00 Å². The third-order valence-electron chi connectivity index (χ3n) is 7.05. The number of aromatic nitrogens is 1. The summed E-state index contributed by atoms with van der Waals surface area (Å²) < 4.78 is 12.7. The van der Waals surface area contributed by atoms with Gasteiger partial charge in [-0.1, -0.05) is 30.3 Å². The number of thioether (sulfide) groups is 1. The van der Waals surface area contributed by atoms with Crippen LogP contribution >= 0.6 is 23.1 Å². The van der Waals surface area contributed by atoms with Crippen molar-refractivity contribution in [2.75, 3.05) is 25.6 Å². The van der Waals surface area contributed by atoms with Crippen molar-refractivity contribution in [1.82, 2.24) is 9.88 Å². The zero-order valence-electron chi connectivity index (χ0n) is 23.3. The highest BCUT2D eigenvalue weighted by atomic mass is 32.2.